The Morgan fingerprint density at radius 2 is 1.74 bits per heavy atom. The van der Waals surface area contributed by atoms with E-state index in [4.69, 9.17) is 19.3 Å². The molecule has 1 atom stereocenters. The molecule has 0 radical (unpaired) electrons. The SMILES string of the molecule is COc1ccc(-c2nn(-c3ccccc3)cc2C(=O)NC(C)C(=O)N2CCOCC2)cc1OC. The molecule has 1 unspecified atom stereocenters. The first-order chi connectivity index (χ1) is 16.5. The van der Waals surface area contributed by atoms with Crippen molar-refractivity contribution < 1.29 is 23.8 Å². The lowest BCUT2D eigenvalue weighted by Gasteiger charge is -2.29. The van der Waals surface area contributed by atoms with Gasteiger partial charge < -0.3 is 24.4 Å². The lowest BCUT2D eigenvalue weighted by Crippen LogP contribution is -2.50. The first kappa shape index (κ1) is 23.3. The van der Waals surface area contributed by atoms with Crippen molar-refractivity contribution >= 4 is 11.8 Å². The highest BCUT2D eigenvalue weighted by molar-refractivity contribution is 6.02. The van der Waals surface area contributed by atoms with Gasteiger partial charge in [0.15, 0.2) is 11.5 Å². The summed E-state index contributed by atoms with van der Waals surface area (Å²) in [6, 6.07) is 14.2. The first-order valence-corrected chi connectivity index (χ1v) is 11.1. The van der Waals surface area contributed by atoms with Gasteiger partial charge in [-0.2, -0.15) is 5.10 Å². The molecule has 178 valence electrons. The predicted molar refractivity (Wildman–Crippen MR) is 126 cm³/mol. The number of morpholine rings is 1. The van der Waals surface area contributed by atoms with Crippen LogP contribution in [0.2, 0.25) is 0 Å². The van der Waals surface area contributed by atoms with Crippen LogP contribution in [0.15, 0.2) is 54.7 Å². The fraction of sp³-hybridized carbons (Fsp3) is 0.320. The van der Waals surface area contributed by atoms with E-state index in [0.29, 0.717) is 54.6 Å². The third-order valence-corrected chi connectivity index (χ3v) is 5.68. The molecule has 34 heavy (non-hydrogen) atoms. The molecule has 2 aromatic carbocycles. The molecule has 1 N–H and O–H groups in total. The predicted octanol–water partition coefficient (Wildman–Crippen LogP) is 2.53. The van der Waals surface area contributed by atoms with Gasteiger partial charge in [0.05, 0.1) is 38.7 Å². The van der Waals surface area contributed by atoms with Crippen molar-refractivity contribution in [3.05, 3.63) is 60.3 Å². The highest BCUT2D eigenvalue weighted by atomic mass is 16.5. The molecule has 4 rings (SSSR count). The average molecular weight is 465 g/mol. The molecule has 1 aliphatic rings. The summed E-state index contributed by atoms with van der Waals surface area (Å²) in [5, 5.41) is 7.53. The average Bonchev–Trinajstić information content (AvgIpc) is 3.34. The van der Waals surface area contributed by atoms with Gasteiger partial charge in [0, 0.05) is 24.8 Å². The minimum absolute atomic E-state index is 0.139. The number of amides is 2. The van der Waals surface area contributed by atoms with Crippen LogP contribution in [-0.2, 0) is 9.53 Å². The van der Waals surface area contributed by atoms with Gasteiger partial charge in [-0.3, -0.25) is 9.59 Å². The van der Waals surface area contributed by atoms with E-state index in [2.05, 4.69) is 5.32 Å². The topological polar surface area (TPSA) is 94.9 Å². The molecule has 1 fully saturated rings. The second-order valence-electron chi connectivity index (χ2n) is 7.87. The molecule has 0 spiro atoms. The number of benzene rings is 2. The van der Waals surface area contributed by atoms with E-state index in [-0.39, 0.29) is 11.8 Å². The van der Waals surface area contributed by atoms with Crippen LogP contribution < -0.4 is 14.8 Å². The second kappa shape index (κ2) is 10.4. The Morgan fingerprint density at radius 3 is 2.41 bits per heavy atom. The molecule has 0 aliphatic carbocycles. The van der Waals surface area contributed by atoms with E-state index in [1.807, 2.05) is 36.4 Å². The molecule has 3 aromatic rings. The number of hydrogen-bond acceptors (Lipinski definition) is 6. The van der Waals surface area contributed by atoms with Crippen LogP contribution in [0.25, 0.3) is 16.9 Å². The largest absolute Gasteiger partial charge is 0.493 e. The van der Waals surface area contributed by atoms with Gasteiger partial charge in [-0.25, -0.2) is 4.68 Å². The van der Waals surface area contributed by atoms with Gasteiger partial charge in [-0.1, -0.05) is 18.2 Å². The maximum absolute atomic E-state index is 13.3. The van der Waals surface area contributed by atoms with Crippen molar-refractivity contribution in [3.63, 3.8) is 0 Å². The Kier molecular flexibility index (Phi) is 7.12. The number of rotatable bonds is 7. The minimum Gasteiger partial charge on any atom is -0.493 e. The van der Waals surface area contributed by atoms with Gasteiger partial charge in [-0.05, 0) is 37.3 Å². The lowest BCUT2D eigenvalue weighted by atomic mass is 10.1. The summed E-state index contributed by atoms with van der Waals surface area (Å²) in [6.45, 7) is 3.72. The number of ether oxygens (including phenoxy) is 3. The van der Waals surface area contributed by atoms with Crippen LogP contribution in [-0.4, -0.2) is 73.1 Å². The number of carbonyl (C=O) groups excluding carboxylic acids is 2. The van der Waals surface area contributed by atoms with E-state index in [9.17, 15) is 9.59 Å². The molecular weight excluding hydrogens is 436 g/mol. The maximum atomic E-state index is 13.3. The van der Waals surface area contributed by atoms with Crippen molar-refractivity contribution in [2.45, 2.75) is 13.0 Å². The second-order valence-corrected chi connectivity index (χ2v) is 7.87. The highest BCUT2D eigenvalue weighted by Gasteiger charge is 2.26. The molecule has 0 bridgehead atoms. The van der Waals surface area contributed by atoms with Gasteiger partial charge in [-0.15, -0.1) is 0 Å². The number of aromatic nitrogens is 2. The first-order valence-electron chi connectivity index (χ1n) is 11.1. The Hall–Kier alpha value is -3.85. The van der Waals surface area contributed by atoms with Crippen molar-refractivity contribution in [3.8, 4) is 28.4 Å². The van der Waals surface area contributed by atoms with E-state index < -0.39 is 6.04 Å². The summed E-state index contributed by atoms with van der Waals surface area (Å²) >= 11 is 0. The van der Waals surface area contributed by atoms with E-state index >= 15 is 0 Å². The van der Waals surface area contributed by atoms with Crippen LogP contribution in [0.3, 0.4) is 0 Å². The standard InChI is InChI=1S/C25H28N4O5/c1-17(25(31)28-11-13-34-14-12-28)26-24(30)20-16-29(19-7-5-4-6-8-19)27-23(20)18-9-10-21(32-2)22(15-18)33-3/h4-10,15-17H,11-14H2,1-3H3,(H,26,30). The molecule has 2 amide bonds. The fourth-order valence-corrected chi connectivity index (χ4v) is 3.84. The zero-order valence-electron chi connectivity index (χ0n) is 19.5. The summed E-state index contributed by atoms with van der Waals surface area (Å²) in [6.07, 6.45) is 1.67. The van der Waals surface area contributed by atoms with Gasteiger partial charge in [0.25, 0.3) is 5.91 Å². The number of nitrogens with zero attached hydrogens (tertiary/aromatic N) is 3. The summed E-state index contributed by atoms with van der Waals surface area (Å²) < 4.78 is 17.7. The number of carbonyl (C=O) groups is 2. The van der Waals surface area contributed by atoms with Crippen molar-refractivity contribution in [2.24, 2.45) is 0 Å². The Balaban J connectivity index is 1.67. The van der Waals surface area contributed by atoms with Crippen LogP contribution >= 0.6 is 0 Å². The lowest BCUT2D eigenvalue weighted by molar-refractivity contribution is -0.136. The summed E-state index contributed by atoms with van der Waals surface area (Å²) in [4.78, 5) is 27.9. The third kappa shape index (κ3) is 4.89. The minimum atomic E-state index is -0.691. The molecule has 1 aromatic heterocycles. The monoisotopic (exact) mass is 464 g/mol. The Morgan fingerprint density at radius 1 is 1.03 bits per heavy atom. The number of hydrogen-bond donors (Lipinski definition) is 1. The molecular formula is C25H28N4O5. The van der Waals surface area contributed by atoms with Crippen LogP contribution in [0.5, 0.6) is 11.5 Å². The molecule has 1 saturated heterocycles. The Labute approximate surface area is 198 Å². The van der Waals surface area contributed by atoms with Gasteiger partial charge >= 0.3 is 0 Å². The zero-order valence-corrected chi connectivity index (χ0v) is 19.5. The van der Waals surface area contributed by atoms with Crippen LogP contribution in [0.4, 0.5) is 0 Å². The Bertz CT molecular complexity index is 1160. The van der Waals surface area contributed by atoms with Crippen LogP contribution in [0.1, 0.15) is 17.3 Å². The van der Waals surface area contributed by atoms with Crippen molar-refractivity contribution in [2.75, 3.05) is 40.5 Å². The molecule has 9 nitrogen and oxygen atoms in total. The number of methoxy groups -OCH3 is 2. The van der Waals surface area contributed by atoms with Crippen LogP contribution in [0, 0.1) is 0 Å². The van der Waals surface area contributed by atoms with Crippen molar-refractivity contribution in [1.82, 2.24) is 20.0 Å². The maximum Gasteiger partial charge on any atom is 0.255 e. The molecule has 0 saturated carbocycles. The van der Waals surface area contributed by atoms with Crippen molar-refractivity contribution in [1.29, 1.82) is 0 Å². The smallest absolute Gasteiger partial charge is 0.255 e. The van der Waals surface area contributed by atoms with E-state index in [0.717, 1.165) is 5.69 Å². The molecule has 2 heterocycles. The summed E-state index contributed by atoms with van der Waals surface area (Å²) in [5.74, 6) is 0.571. The highest BCUT2D eigenvalue weighted by Crippen LogP contribution is 2.33. The number of nitrogens with one attached hydrogen (secondary N) is 1. The van der Waals surface area contributed by atoms with Gasteiger partial charge in [0.1, 0.15) is 11.7 Å². The quantitative estimate of drug-likeness (QED) is 0.578. The van der Waals surface area contributed by atoms with E-state index in [1.54, 1.807) is 49.1 Å². The number of para-hydroxylation sites is 1. The normalized spacial score (nSPS) is 14.4. The third-order valence-electron chi connectivity index (χ3n) is 5.68. The molecule has 9 heteroatoms. The zero-order chi connectivity index (χ0) is 24.1. The molecule has 1 aliphatic heterocycles. The fourth-order valence-electron chi connectivity index (χ4n) is 3.84. The summed E-state index contributed by atoms with van der Waals surface area (Å²) in [5.41, 5.74) is 2.30. The summed E-state index contributed by atoms with van der Waals surface area (Å²) in [7, 11) is 3.12. The van der Waals surface area contributed by atoms with E-state index in [1.165, 1.54) is 0 Å². The van der Waals surface area contributed by atoms with Gasteiger partial charge in [0.2, 0.25) is 5.91 Å².